The van der Waals surface area contributed by atoms with Crippen LogP contribution in [0.2, 0.25) is 0 Å². The number of hydrogen-bond donors (Lipinski definition) is 3. The van der Waals surface area contributed by atoms with Gasteiger partial charge in [0.15, 0.2) is 11.5 Å². The highest BCUT2D eigenvalue weighted by atomic mass is 16.2. The van der Waals surface area contributed by atoms with Gasteiger partial charge in [0.2, 0.25) is 11.9 Å². The van der Waals surface area contributed by atoms with Crippen LogP contribution in [0.4, 0.5) is 17.5 Å². The first-order valence-corrected chi connectivity index (χ1v) is 9.41. The van der Waals surface area contributed by atoms with Gasteiger partial charge in [0.25, 0.3) is 5.91 Å². The second-order valence-corrected chi connectivity index (χ2v) is 7.16. The highest BCUT2D eigenvalue weighted by Gasteiger charge is 2.30. The van der Waals surface area contributed by atoms with Gasteiger partial charge in [0.1, 0.15) is 0 Å². The molecule has 0 saturated heterocycles. The van der Waals surface area contributed by atoms with E-state index in [0.29, 0.717) is 5.95 Å². The lowest BCUT2D eigenvalue weighted by atomic mass is 10.2. The summed E-state index contributed by atoms with van der Waals surface area (Å²) in [6, 6.07) is 7.89. The summed E-state index contributed by atoms with van der Waals surface area (Å²) < 4.78 is 0. The Labute approximate surface area is 169 Å². The minimum absolute atomic E-state index is 0.0220. The molecule has 0 bridgehead atoms. The van der Waals surface area contributed by atoms with Crippen LogP contribution in [0, 0.1) is 6.92 Å². The summed E-state index contributed by atoms with van der Waals surface area (Å²) in [6.07, 6.45) is 3.77. The van der Waals surface area contributed by atoms with Gasteiger partial charge in [-0.05, 0) is 50.0 Å². The number of anilines is 3. The van der Waals surface area contributed by atoms with Crippen LogP contribution >= 0.6 is 0 Å². The van der Waals surface area contributed by atoms with E-state index in [9.17, 15) is 9.59 Å². The molecule has 2 atom stereocenters. The molecular weight excluding hydrogens is 370 g/mol. The zero-order valence-corrected chi connectivity index (χ0v) is 16.6. The molecule has 29 heavy (non-hydrogen) atoms. The van der Waals surface area contributed by atoms with Gasteiger partial charge >= 0.3 is 0 Å². The Morgan fingerprint density at radius 1 is 1.31 bits per heavy atom. The van der Waals surface area contributed by atoms with Crippen molar-refractivity contribution in [2.24, 2.45) is 5.73 Å². The van der Waals surface area contributed by atoms with Crippen molar-refractivity contribution in [1.29, 1.82) is 0 Å². The first-order valence-electron chi connectivity index (χ1n) is 9.41. The van der Waals surface area contributed by atoms with Crippen molar-refractivity contribution in [2.75, 3.05) is 17.3 Å². The van der Waals surface area contributed by atoms with Gasteiger partial charge in [-0.2, -0.15) is 4.98 Å². The van der Waals surface area contributed by atoms with Gasteiger partial charge in [0.05, 0.1) is 0 Å². The Morgan fingerprint density at radius 3 is 2.79 bits per heavy atom. The fourth-order valence-corrected chi connectivity index (χ4v) is 3.44. The predicted octanol–water partition coefficient (Wildman–Crippen LogP) is 1.68. The monoisotopic (exact) mass is 395 g/mol. The summed E-state index contributed by atoms with van der Waals surface area (Å²) in [5, 5.41) is 14.1. The van der Waals surface area contributed by atoms with E-state index in [4.69, 9.17) is 5.73 Å². The number of amides is 2. The number of nitrogens with zero attached hydrogens (tertiary/aromatic N) is 4. The number of primary amides is 1. The van der Waals surface area contributed by atoms with Crippen LogP contribution in [0.25, 0.3) is 0 Å². The molecule has 1 saturated carbocycles. The topological polar surface area (TPSA) is 126 Å². The molecule has 9 heteroatoms. The SMILES string of the molecule is C=CC(=O)NC1CC[C@@H](N(C)c2nnc(C(N)=O)c(Nc3cccc(C)c3)n2)C1. The molecule has 3 rings (SSSR count). The van der Waals surface area contributed by atoms with E-state index in [1.807, 2.05) is 43.1 Å². The zero-order chi connectivity index (χ0) is 21.0. The van der Waals surface area contributed by atoms with Gasteiger partial charge < -0.3 is 21.3 Å². The fraction of sp³-hybridized carbons (Fsp3) is 0.350. The third-order valence-electron chi connectivity index (χ3n) is 4.99. The third kappa shape index (κ3) is 4.87. The normalized spacial score (nSPS) is 18.1. The molecular formula is C20H25N7O2. The molecule has 0 radical (unpaired) electrons. The Balaban J connectivity index is 1.80. The van der Waals surface area contributed by atoms with E-state index in [1.54, 1.807) is 0 Å². The average molecular weight is 395 g/mol. The number of carbonyl (C=O) groups is 2. The molecule has 0 spiro atoms. The van der Waals surface area contributed by atoms with Gasteiger partial charge in [-0.15, -0.1) is 10.2 Å². The van der Waals surface area contributed by atoms with Crippen molar-refractivity contribution >= 4 is 29.3 Å². The first-order chi connectivity index (χ1) is 13.9. The van der Waals surface area contributed by atoms with Gasteiger partial charge in [0, 0.05) is 24.8 Å². The number of aryl methyl sites for hydroxylation is 1. The summed E-state index contributed by atoms with van der Waals surface area (Å²) in [5.74, 6) is -0.241. The van der Waals surface area contributed by atoms with Gasteiger partial charge in [-0.1, -0.05) is 18.7 Å². The summed E-state index contributed by atoms with van der Waals surface area (Å²) in [7, 11) is 1.87. The molecule has 1 aromatic carbocycles. The van der Waals surface area contributed by atoms with E-state index in [-0.39, 0.29) is 29.5 Å². The molecule has 9 nitrogen and oxygen atoms in total. The molecule has 1 aromatic heterocycles. The van der Waals surface area contributed by atoms with Crippen molar-refractivity contribution in [2.45, 2.75) is 38.3 Å². The molecule has 1 aliphatic carbocycles. The Bertz CT molecular complexity index is 931. The lowest BCUT2D eigenvalue weighted by Crippen LogP contribution is -2.36. The van der Waals surface area contributed by atoms with E-state index in [2.05, 4.69) is 32.4 Å². The van der Waals surface area contributed by atoms with Gasteiger partial charge in [-0.25, -0.2) is 0 Å². The summed E-state index contributed by atoms with van der Waals surface area (Å²) >= 11 is 0. The number of hydrogen-bond acceptors (Lipinski definition) is 7. The molecule has 1 unspecified atom stereocenters. The van der Waals surface area contributed by atoms with E-state index < -0.39 is 5.91 Å². The average Bonchev–Trinajstić information content (AvgIpc) is 3.15. The number of aromatic nitrogens is 3. The minimum Gasteiger partial charge on any atom is -0.364 e. The van der Waals surface area contributed by atoms with Crippen LogP contribution in [-0.2, 0) is 4.79 Å². The molecule has 152 valence electrons. The Morgan fingerprint density at radius 2 is 2.10 bits per heavy atom. The minimum atomic E-state index is -0.706. The predicted molar refractivity (Wildman–Crippen MR) is 111 cm³/mol. The van der Waals surface area contributed by atoms with Crippen LogP contribution in [-0.4, -0.2) is 46.1 Å². The maximum atomic E-state index is 11.8. The maximum absolute atomic E-state index is 11.8. The second kappa shape index (κ2) is 8.68. The number of nitrogens with two attached hydrogens (primary N) is 1. The van der Waals surface area contributed by atoms with Crippen LogP contribution in [0.3, 0.4) is 0 Å². The third-order valence-corrected chi connectivity index (χ3v) is 4.99. The van der Waals surface area contributed by atoms with E-state index >= 15 is 0 Å². The second-order valence-electron chi connectivity index (χ2n) is 7.16. The van der Waals surface area contributed by atoms with Crippen LogP contribution < -0.4 is 21.3 Å². The zero-order valence-electron chi connectivity index (χ0n) is 16.6. The highest BCUT2D eigenvalue weighted by molar-refractivity contribution is 5.96. The summed E-state index contributed by atoms with van der Waals surface area (Å²) in [4.78, 5) is 29.7. The Kier molecular flexibility index (Phi) is 6.06. The number of carbonyl (C=O) groups excluding carboxylic acids is 2. The van der Waals surface area contributed by atoms with Crippen molar-refractivity contribution in [3.63, 3.8) is 0 Å². The van der Waals surface area contributed by atoms with E-state index in [0.717, 1.165) is 30.5 Å². The summed E-state index contributed by atoms with van der Waals surface area (Å²) in [5.41, 5.74) is 7.26. The lowest BCUT2D eigenvalue weighted by molar-refractivity contribution is -0.117. The molecule has 1 heterocycles. The molecule has 0 aliphatic heterocycles. The molecule has 2 aromatic rings. The molecule has 4 N–H and O–H groups in total. The lowest BCUT2D eigenvalue weighted by Gasteiger charge is -2.25. The van der Waals surface area contributed by atoms with Crippen molar-refractivity contribution < 1.29 is 9.59 Å². The molecule has 2 amide bonds. The quantitative estimate of drug-likeness (QED) is 0.609. The largest absolute Gasteiger partial charge is 0.364 e. The van der Waals surface area contributed by atoms with Crippen LogP contribution in [0.15, 0.2) is 36.9 Å². The summed E-state index contributed by atoms with van der Waals surface area (Å²) in [6.45, 7) is 5.45. The van der Waals surface area contributed by atoms with Crippen LogP contribution in [0.5, 0.6) is 0 Å². The molecule has 1 fully saturated rings. The highest BCUT2D eigenvalue weighted by Crippen LogP contribution is 2.27. The number of rotatable bonds is 7. The fourth-order valence-electron chi connectivity index (χ4n) is 3.44. The number of nitrogens with one attached hydrogen (secondary N) is 2. The first kappa shape index (κ1) is 20.2. The number of benzene rings is 1. The standard InChI is InChI=1S/C20H25N7O2/c1-4-16(28)22-14-8-9-15(11-14)27(3)20-24-19(17(18(21)29)25-26-20)23-13-7-5-6-12(2)10-13/h4-7,10,14-15H,1,8-9,11H2,2-3H3,(H2,21,29)(H,22,28)(H,23,24,26)/t14?,15-/m1/s1. The van der Waals surface area contributed by atoms with Gasteiger partial charge in [-0.3, -0.25) is 9.59 Å². The van der Waals surface area contributed by atoms with Crippen molar-refractivity contribution in [1.82, 2.24) is 20.5 Å². The van der Waals surface area contributed by atoms with Crippen molar-refractivity contribution in [3.8, 4) is 0 Å². The van der Waals surface area contributed by atoms with Crippen molar-refractivity contribution in [3.05, 3.63) is 48.2 Å². The Hall–Kier alpha value is -3.49. The van der Waals surface area contributed by atoms with Crippen LogP contribution in [0.1, 0.15) is 35.3 Å². The molecule has 1 aliphatic rings. The van der Waals surface area contributed by atoms with E-state index in [1.165, 1.54) is 6.08 Å². The maximum Gasteiger partial charge on any atom is 0.273 e. The smallest absolute Gasteiger partial charge is 0.273 e.